The summed E-state index contributed by atoms with van der Waals surface area (Å²) >= 11 is 6.07. The molecule has 1 N–H and O–H groups in total. The number of alkyl halides is 2. The van der Waals surface area contributed by atoms with Crippen LogP contribution in [0.3, 0.4) is 0 Å². The second-order valence-electron chi connectivity index (χ2n) is 6.58. The van der Waals surface area contributed by atoms with Crippen molar-refractivity contribution in [1.82, 2.24) is 9.97 Å². The first-order valence-corrected chi connectivity index (χ1v) is 8.87. The molecular weight excluding hydrogens is 398 g/mol. The lowest BCUT2D eigenvalue weighted by Crippen LogP contribution is -2.27. The lowest BCUT2D eigenvalue weighted by atomic mass is 9.99. The number of pyridine rings is 1. The van der Waals surface area contributed by atoms with E-state index < -0.39 is 29.9 Å². The number of rotatable bonds is 4. The Hall–Kier alpha value is -2.61. The lowest BCUT2D eigenvalue weighted by Gasteiger charge is -2.20. The molecule has 3 aromatic rings. The number of fused-ring (bicyclic) bond motifs is 1. The highest BCUT2D eigenvalue weighted by Crippen LogP contribution is 2.36. The van der Waals surface area contributed by atoms with Gasteiger partial charge in [-0.05, 0) is 30.2 Å². The van der Waals surface area contributed by atoms with Gasteiger partial charge >= 0.3 is 0 Å². The third-order valence-electron chi connectivity index (χ3n) is 4.48. The molecule has 0 atom stereocenters. The number of halogens is 5. The molecule has 1 aliphatic heterocycles. The van der Waals surface area contributed by atoms with Gasteiger partial charge in [0.25, 0.3) is 5.92 Å². The molecule has 4 nitrogen and oxygen atoms in total. The molecule has 1 aliphatic rings. The molecule has 3 heterocycles. The first-order chi connectivity index (χ1) is 13.3. The Labute approximate surface area is 162 Å². The Morgan fingerprint density at radius 1 is 1.21 bits per heavy atom. The van der Waals surface area contributed by atoms with Crippen LogP contribution in [0.5, 0.6) is 11.5 Å². The van der Waals surface area contributed by atoms with Crippen molar-refractivity contribution in [3.8, 4) is 11.5 Å². The van der Waals surface area contributed by atoms with Crippen molar-refractivity contribution >= 4 is 28.3 Å². The number of nitrogens with zero attached hydrogens (tertiary/aromatic N) is 2. The summed E-state index contributed by atoms with van der Waals surface area (Å²) in [6.45, 7) is -0.593. The van der Waals surface area contributed by atoms with Gasteiger partial charge in [-0.25, -0.2) is 22.5 Å². The molecule has 9 heteroatoms. The molecule has 0 radical (unpaired) electrons. The minimum Gasteiger partial charge on any atom is -0.450 e. The van der Waals surface area contributed by atoms with Gasteiger partial charge in [-0.3, -0.25) is 4.99 Å². The molecule has 0 fully saturated rings. The Bertz CT molecular complexity index is 1060. The third kappa shape index (κ3) is 3.69. The number of H-pyrrole nitrogens is 1. The van der Waals surface area contributed by atoms with Crippen molar-refractivity contribution in [2.24, 2.45) is 4.99 Å². The van der Waals surface area contributed by atoms with E-state index in [1.807, 2.05) is 0 Å². The van der Waals surface area contributed by atoms with Crippen LogP contribution in [-0.4, -0.2) is 28.1 Å². The molecule has 4 rings (SSSR count). The highest BCUT2D eigenvalue weighted by atomic mass is 35.5. The molecule has 0 spiro atoms. The standard InChI is InChI=1S/C19H14ClF4N3O/c20-12-8-26-18-16(12)15(2-4-25-18)28-17-13(21)6-10(7-14(17)22)5-11-1-3-19(23,24)9-27-11/h2,4,6-8H,1,3,5,9H2,(H,25,26). The highest BCUT2D eigenvalue weighted by Gasteiger charge is 2.32. The van der Waals surface area contributed by atoms with E-state index >= 15 is 0 Å². The van der Waals surface area contributed by atoms with Gasteiger partial charge in [-0.2, -0.15) is 0 Å². The number of ether oxygens (including phenoxy) is 1. The average Bonchev–Trinajstić information content (AvgIpc) is 3.02. The molecular formula is C19H14ClF4N3O. The van der Waals surface area contributed by atoms with Crippen molar-refractivity contribution in [2.45, 2.75) is 25.2 Å². The summed E-state index contributed by atoms with van der Waals surface area (Å²) in [5.74, 6) is -5.05. The van der Waals surface area contributed by atoms with Crippen molar-refractivity contribution < 1.29 is 22.3 Å². The normalized spacial score (nSPS) is 16.2. The summed E-state index contributed by atoms with van der Waals surface area (Å²) < 4.78 is 60.8. The maximum atomic E-state index is 14.5. The number of benzene rings is 1. The second kappa shape index (κ2) is 7.09. The summed E-state index contributed by atoms with van der Waals surface area (Å²) in [5.41, 5.74) is 1.21. The number of hydrogen-bond donors (Lipinski definition) is 1. The fourth-order valence-corrected chi connectivity index (χ4v) is 3.33. The number of aliphatic imine (C=N–C) groups is 1. The quantitative estimate of drug-likeness (QED) is 0.560. The average molecular weight is 412 g/mol. The smallest absolute Gasteiger partial charge is 0.267 e. The molecule has 0 bridgehead atoms. The van der Waals surface area contributed by atoms with Gasteiger partial charge in [-0.1, -0.05) is 11.6 Å². The van der Waals surface area contributed by atoms with Crippen LogP contribution < -0.4 is 4.74 Å². The minimum absolute atomic E-state index is 0.0927. The van der Waals surface area contributed by atoms with Gasteiger partial charge < -0.3 is 9.72 Å². The molecule has 0 aliphatic carbocycles. The van der Waals surface area contributed by atoms with Crippen LogP contribution in [0.4, 0.5) is 17.6 Å². The number of hydrogen-bond acceptors (Lipinski definition) is 3. The monoisotopic (exact) mass is 411 g/mol. The number of aromatic amines is 1. The molecule has 28 heavy (non-hydrogen) atoms. The maximum absolute atomic E-state index is 14.5. The van der Waals surface area contributed by atoms with Crippen molar-refractivity contribution in [1.29, 1.82) is 0 Å². The van der Waals surface area contributed by atoms with E-state index in [0.29, 0.717) is 27.3 Å². The SMILES string of the molecule is Fc1cc(CC2=NCC(F)(F)CC2)cc(F)c1Oc1ccnc2[nH]cc(Cl)c12. The van der Waals surface area contributed by atoms with E-state index in [4.69, 9.17) is 16.3 Å². The van der Waals surface area contributed by atoms with Crippen LogP contribution in [0.2, 0.25) is 5.02 Å². The summed E-state index contributed by atoms with van der Waals surface area (Å²) in [4.78, 5) is 10.7. The fraction of sp³-hybridized carbons (Fsp3) is 0.263. The van der Waals surface area contributed by atoms with Crippen LogP contribution in [0, 0.1) is 11.6 Å². The zero-order valence-corrected chi connectivity index (χ0v) is 15.2. The molecule has 1 aromatic carbocycles. The summed E-state index contributed by atoms with van der Waals surface area (Å²) in [5, 5.41) is 0.715. The Morgan fingerprint density at radius 2 is 1.96 bits per heavy atom. The van der Waals surface area contributed by atoms with E-state index in [9.17, 15) is 17.6 Å². The van der Waals surface area contributed by atoms with Gasteiger partial charge in [0.15, 0.2) is 17.4 Å². The summed E-state index contributed by atoms with van der Waals surface area (Å²) in [6.07, 6.45) is 2.80. The van der Waals surface area contributed by atoms with Crippen LogP contribution in [0.1, 0.15) is 18.4 Å². The Kier molecular flexibility index (Phi) is 4.74. The first kappa shape index (κ1) is 18.7. The Balaban J connectivity index is 1.60. The van der Waals surface area contributed by atoms with Crippen molar-refractivity contribution in [3.05, 3.63) is 52.8 Å². The van der Waals surface area contributed by atoms with Gasteiger partial charge in [0.2, 0.25) is 0 Å². The van der Waals surface area contributed by atoms with Gasteiger partial charge in [0.1, 0.15) is 17.9 Å². The molecule has 0 saturated carbocycles. The predicted molar refractivity (Wildman–Crippen MR) is 97.7 cm³/mol. The number of aromatic nitrogens is 2. The van der Waals surface area contributed by atoms with Crippen LogP contribution in [0.25, 0.3) is 11.0 Å². The molecule has 0 amide bonds. The molecule has 0 unspecified atom stereocenters. The topological polar surface area (TPSA) is 50.3 Å². The summed E-state index contributed by atoms with van der Waals surface area (Å²) in [7, 11) is 0. The highest BCUT2D eigenvalue weighted by molar-refractivity contribution is 6.36. The van der Waals surface area contributed by atoms with Crippen LogP contribution in [0.15, 0.2) is 35.6 Å². The van der Waals surface area contributed by atoms with Gasteiger partial charge in [0, 0.05) is 30.9 Å². The zero-order valence-electron chi connectivity index (χ0n) is 14.4. The predicted octanol–water partition coefficient (Wildman–Crippen LogP) is 5.70. The van der Waals surface area contributed by atoms with Gasteiger partial charge in [0.05, 0.1) is 10.4 Å². The number of nitrogens with one attached hydrogen (secondary N) is 1. The molecule has 0 saturated heterocycles. The third-order valence-corrected chi connectivity index (χ3v) is 4.78. The maximum Gasteiger partial charge on any atom is 0.267 e. The lowest BCUT2D eigenvalue weighted by molar-refractivity contribution is 0.000688. The molecule has 2 aromatic heterocycles. The Morgan fingerprint density at radius 3 is 2.64 bits per heavy atom. The molecule has 146 valence electrons. The minimum atomic E-state index is -2.81. The van der Waals surface area contributed by atoms with E-state index in [0.717, 1.165) is 12.1 Å². The zero-order chi connectivity index (χ0) is 19.9. The van der Waals surface area contributed by atoms with E-state index in [2.05, 4.69) is 15.0 Å². The second-order valence-corrected chi connectivity index (χ2v) is 6.98. The van der Waals surface area contributed by atoms with Crippen LogP contribution in [-0.2, 0) is 6.42 Å². The van der Waals surface area contributed by atoms with Crippen molar-refractivity contribution in [2.75, 3.05) is 6.54 Å². The first-order valence-electron chi connectivity index (χ1n) is 8.50. The van der Waals surface area contributed by atoms with E-state index in [1.165, 1.54) is 18.5 Å². The van der Waals surface area contributed by atoms with E-state index in [1.54, 1.807) is 0 Å². The van der Waals surface area contributed by atoms with Crippen LogP contribution >= 0.6 is 11.6 Å². The van der Waals surface area contributed by atoms with E-state index in [-0.39, 0.29) is 25.0 Å². The van der Waals surface area contributed by atoms with Gasteiger partial charge in [-0.15, -0.1) is 0 Å². The fourth-order valence-electron chi connectivity index (χ4n) is 3.09. The largest absolute Gasteiger partial charge is 0.450 e. The summed E-state index contributed by atoms with van der Waals surface area (Å²) in [6, 6.07) is 3.68. The van der Waals surface area contributed by atoms with Crippen molar-refractivity contribution in [3.63, 3.8) is 0 Å².